The molecule has 78 valence electrons. The highest BCUT2D eigenvalue weighted by Gasteiger charge is 2.19. The number of aromatic nitrogens is 2. The molecule has 0 aromatic carbocycles. The number of carbonyl (C=O) groups is 1. The average molecular weight is 216 g/mol. The maximum atomic E-state index is 10.6. The third-order valence-corrected chi connectivity index (χ3v) is 2.58. The van der Waals surface area contributed by atoms with E-state index in [1.807, 2.05) is 0 Å². The summed E-state index contributed by atoms with van der Waals surface area (Å²) in [6, 6.07) is 1.58. The van der Waals surface area contributed by atoms with Crippen LogP contribution < -0.4 is 0 Å². The van der Waals surface area contributed by atoms with Gasteiger partial charge in [-0.15, -0.1) is 0 Å². The standard InChI is InChI=1S/C8H12N2O3S/c1-5(11)14-4-7(12)8(13)6-2-3-9-10-6/h2-3,7-8,12-13H,4H2,1H3,(H,9,10). The number of aliphatic hydroxyl groups is 2. The van der Waals surface area contributed by atoms with E-state index in [2.05, 4.69) is 10.2 Å². The first-order chi connectivity index (χ1) is 6.61. The van der Waals surface area contributed by atoms with E-state index >= 15 is 0 Å². The van der Waals surface area contributed by atoms with Crippen LogP contribution in [0.2, 0.25) is 0 Å². The van der Waals surface area contributed by atoms with Gasteiger partial charge in [0.2, 0.25) is 0 Å². The molecule has 1 aromatic rings. The van der Waals surface area contributed by atoms with Crippen molar-refractivity contribution in [1.29, 1.82) is 0 Å². The summed E-state index contributed by atoms with van der Waals surface area (Å²) in [7, 11) is 0. The fourth-order valence-electron chi connectivity index (χ4n) is 0.933. The van der Waals surface area contributed by atoms with E-state index < -0.39 is 12.2 Å². The second-order valence-corrected chi connectivity index (χ2v) is 4.02. The topological polar surface area (TPSA) is 86.2 Å². The third kappa shape index (κ3) is 3.13. The zero-order chi connectivity index (χ0) is 10.6. The van der Waals surface area contributed by atoms with Crippen LogP contribution in [0, 0.1) is 0 Å². The van der Waals surface area contributed by atoms with Crippen molar-refractivity contribution in [3.63, 3.8) is 0 Å². The molecule has 0 amide bonds. The maximum absolute atomic E-state index is 10.6. The first kappa shape index (κ1) is 11.2. The highest BCUT2D eigenvalue weighted by atomic mass is 32.2. The van der Waals surface area contributed by atoms with Crippen LogP contribution in [0.5, 0.6) is 0 Å². The van der Waals surface area contributed by atoms with Crippen molar-refractivity contribution in [1.82, 2.24) is 10.2 Å². The Balaban J connectivity index is 2.44. The molecule has 1 heterocycles. The molecule has 3 N–H and O–H groups in total. The van der Waals surface area contributed by atoms with Gasteiger partial charge in [0.25, 0.3) is 0 Å². The van der Waals surface area contributed by atoms with Crippen molar-refractivity contribution in [2.24, 2.45) is 0 Å². The van der Waals surface area contributed by atoms with Gasteiger partial charge >= 0.3 is 0 Å². The van der Waals surface area contributed by atoms with Gasteiger partial charge in [0.05, 0.1) is 11.8 Å². The predicted octanol–water partition coefficient (Wildman–Crippen LogP) is 0.0837. The van der Waals surface area contributed by atoms with Crippen LogP contribution in [0.15, 0.2) is 12.3 Å². The summed E-state index contributed by atoms with van der Waals surface area (Å²) in [6.07, 6.45) is -0.502. The minimum absolute atomic E-state index is 0.0825. The van der Waals surface area contributed by atoms with E-state index in [1.54, 1.807) is 6.07 Å². The Morgan fingerprint density at radius 2 is 2.43 bits per heavy atom. The van der Waals surface area contributed by atoms with E-state index in [0.717, 1.165) is 11.8 Å². The normalized spacial score (nSPS) is 15.1. The maximum Gasteiger partial charge on any atom is 0.185 e. The van der Waals surface area contributed by atoms with E-state index in [4.69, 9.17) is 0 Å². The molecule has 0 bridgehead atoms. The molecule has 0 spiro atoms. The van der Waals surface area contributed by atoms with Gasteiger partial charge in [-0.3, -0.25) is 9.89 Å². The minimum Gasteiger partial charge on any atom is -0.389 e. The Hall–Kier alpha value is -0.850. The molecule has 0 aliphatic rings. The van der Waals surface area contributed by atoms with E-state index in [-0.39, 0.29) is 10.9 Å². The first-order valence-corrected chi connectivity index (χ1v) is 5.08. The van der Waals surface area contributed by atoms with Gasteiger partial charge in [0.15, 0.2) is 5.12 Å². The Morgan fingerprint density at radius 3 is 2.93 bits per heavy atom. The number of hydrogen-bond acceptors (Lipinski definition) is 5. The highest BCUT2D eigenvalue weighted by molar-refractivity contribution is 8.13. The van der Waals surface area contributed by atoms with Gasteiger partial charge in [-0.1, -0.05) is 11.8 Å². The lowest BCUT2D eigenvalue weighted by atomic mass is 10.2. The van der Waals surface area contributed by atoms with Gasteiger partial charge in [-0.2, -0.15) is 5.10 Å². The van der Waals surface area contributed by atoms with Gasteiger partial charge in [0.1, 0.15) is 6.10 Å². The fraction of sp³-hybridized carbons (Fsp3) is 0.500. The molecule has 2 unspecified atom stereocenters. The zero-order valence-electron chi connectivity index (χ0n) is 7.67. The summed E-state index contributed by atoms with van der Waals surface area (Å²) < 4.78 is 0. The van der Waals surface area contributed by atoms with Gasteiger partial charge in [-0.25, -0.2) is 0 Å². The molecule has 1 rings (SSSR count). The molecule has 0 aliphatic carbocycles. The molecular weight excluding hydrogens is 204 g/mol. The van der Waals surface area contributed by atoms with Gasteiger partial charge in [0, 0.05) is 18.9 Å². The molecule has 0 fully saturated rings. The Morgan fingerprint density at radius 1 is 1.71 bits per heavy atom. The number of nitrogens with zero attached hydrogens (tertiary/aromatic N) is 1. The number of carbonyl (C=O) groups excluding carboxylic acids is 1. The SMILES string of the molecule is CC(=O)SCC(O)C(O)c1ccn[nH]1. The van der Waals surface area contributed by atoms with Crippen molar-refractivity contribution in [3.05, 3.63) is 18.0 Å². The number of nitrogens with one attached hydrogen (secondary N) is 1. The molecule has 2 atom stereocenters. The second kappa shape index (κ2) is 5.14. The number of aromatic amines is 1. The second-order valence-electron chi connectivity index (χ2n) is 2.83. The van der Waals surface area contributed by atoms with Gasteiger partial charge in [-0.05, 0) is 6.07 Å². The van der Waals surface area contributed by atoms with Crippen molar-refractivity contribution in [2.45, 2.75) is 19.1 Å². The Labute approximate surface area is 85.5 Å². The summed E-state index contributed by atoms with van der Waals surface area (Å²) in [4.78, 5) is 10.6. The number of aliphatic hydroxyl groups excluding tert-OH is 2. The van der Waals surface area contributed by atoms with Crippen molar-refractivity contribution in [3.8, 4) is 0 Å². The number of thioether (sulfide) groups is 1. The smallest absolute Gasteiger partial charge is 0.185 e. The van der Waals surface area contributed by atoms with Crippen LogP contribution in [-0.4, -0.2) is 37.4 Å². The molecule has 0 saturated carbocycles. The third-order valence-electron chi connectivity index (χ3n) is 1.66. The Kier molecular flexibility index (Phi) is 4.12. The Bertz CT molecular complexity index is 289. The first-order valence-electron chi connectivity index (χ1n) is 4.10. The number of H-pyrrole nitrogens is 1. The van der Waals surface area contributed by atoms with Crippen LogP contribution in [0.3, 0.4) is 0 Å². The lowest BCUT2D eigenvalue weighted by Crippen LogP contribution is -2.21. The lowest BCUT2D eigenvalue weighted by Gasteiger charge is -2.14. The van der Waals surface area contributed by atoms with E-state index in [0.29, 0.717) is 5.69 Å². The van der Waals surface area contributed by atoms with Crippen molar-refractivity contribution in [2.75, 3.05) is 5.75 Å². The monoisotopic (exact) mass is 216 g/mol. The molecule has 0 aliphatic heterocycles. The zero-order valence-corrected chi connectivity index (χ0v) is 8.49. The molecule has 0 saturated heterocycles. The van der Waals surface area contributed by atoms with Crippen LogP contribution in [0.4, 0.5) is 0 Å². The van der Waals surface area contributed by atoms with Crippen LogP contribution in [-0.2, 0) is 4.79 Å². The largest absolute Gasteiger partial charge is 0.389 e. The van der Waals surface area contributed by atoms with E-state index in [1.165, 1.54) is 13.1 Å². The summed E-state index contributed by atoms with van der Waals surface area (Å²) in [5, 5.41) is 25.1. The quantitative estimate of drug-likeness (QED) is 0.663. The van der Waals surface area contributed by atoms with E-state index in [9.17, 15) is 15.0 Å². The van der Waals surface area contributed by atoms with Crippen LogP contribution in [0.25, 0.3) is 0 Å². The van der Waals surface area contributed by atoms with Crippen LogP contribution >= 0.6 is 11.8 Å². The summed E-state index contributed by atoms with van der Waals surface area (Å²) >= 11 is 0.982. The molecule has 6 heteroatoms. The molecule has 1 aromatic heterocycles. The van der Waals surface area contributed by atoms with Crippen molar-refractivity contribution < 1.29 is 15.0 Å². The lowest BCUT2D eigenvalue weighted by molar-refractivity contribution is -0.109. The minimum atomic E-state index is -1.02. The molecular formula is C8H12N2O3S. The fourth-order valence-corrected chi connectivity index (χ4v) is 1.52. The number of hydrogen-bond donors (Lipinski definition) is 3. The molecule has 14 heavy (non-hydrogen) atoms. The van der Waals surface area contributed by atoms with Crippen molar-refractivity contribution >= 4 is 16.9 Å². The molecule has 5 nitrogen and oxygen atoms in total. The highest BCUT2D eigenvalue weighted by Crippen LogP contribution is 2.17. The number of rotatable bonds is 4. The van der Waals surface area contributed by atoms with Gasteiger partial charge < -0.3 is 10.2 Å². The summed E-state index contributed by atoms with van der Waals surface area (Å²) in [5.41, 5.74) is 0.446. The summed E-state index contributed by atoms with van der Waals surface area (Å²) in [5.74, 6) is 0.176. The summed E-state index contributed by atoms with van der Waals surface area (Å²) in [6.45, 7) is 1.42. The average Bonchev–Trinajstić information content (AvgIpc) is 2.65. The van der Waals surface area contributed by atoms with Crippen LogP contribution in [0.1, 0.15) is 18.7 Å². The molecule has 0 radical (unpaired) electrons. The predicted molar refractivity (Wildman–Crippen MR) is 52.7 cm³/mol.